The molecule has 0 aliphatic carbocycles. The van der Waals surface area contributed by atoms with Crippen LogP contribution in [-0.2, 0) is 16.1 Å². The van der Waals surface area contributed by atoms with E-state index in [4.69, 9.17) is 0 Å². The molecule has 1 saturated heterocycles. The van der Waals surface area contributed by atoms with Gasteiger partial charge in [-0.1, -0.05) is 6.07 Å². The normalized spacial score (nSPS) is 15.7. The van der Waals surface area contributed by atoms with E-state index >= 15 is 0 Å². The van der Waals surface area contributed by atoms with Crippen LogP contribution in [0.5, 0.6) is 0 Å². The van der Waals surface area contributed by atoms with Crippen LogP contribution in [0, 0.1) is 10.1 Å². The molecule has 0 aromatic heterocycles. The van der Waals surface area contributed by atoms with Crippen molar-refractivity contribution in [1.82, 2.24) is 10.2 Å². The SMILES string of the molecule is CCNc1ccc(CN2CC(=O)NC(=O)C2)cc1[N+](=O)[O-]. The highest BCUT2D eigenvalue weighted by atomic mass is 16.6. The molecule has 0 bridgehead atoms. The lowest BCUT2D eigenvalue weighted by Crippen LogP contribution is -2.50. The Morgan fingerprint density at radius 1 is 1.33 bits per heavy atom. The Morgan fingerprint density at radius 2 is 2.00 bits per heavy atom. The minimum Gasteiger partial charge on any atom is -0.380 e. The van der Waals surface area contributed by atoms with Crippen molar-refractivity contribution in [3.05, 3.63) is 33.9 Å². The molecule has 0 spiro atoms. The Bertz CT molecular complexity index is 572. The molecular formula is C13H16N4O4. The molecule has 0 radical (unpaired) electrons. The van der Waals surface area contributed by atoms with Gasteiger partial charge < -0.3 is 5.32 Å². The van der Waals surface area contributed by atoms with Gasteiger partial charge in [-0.3, -0.25) is 29.9 Å². The number of carbonyl (C=O) groups is 2. The second kappa shape index (κ2) is 6.31. The summed E-state index contributed by atoms with van der Waals surface area (Å²) >= 11 is 0. The number of rotatable bonds is 5. The van der Waals surface area contributed by atoms with E-state index in [-0.39, 0.29) is 30.6 Å². The lowest BCUT2D eigenvalue weighted by atomic mass is 10.1. The zero-order chi connectivity index (χ0) is 15.4. The molecule has 0 unspecified atom stereocenters. The fraction of sp³-hybridized carbons (Fsp3) is 0.385. The summed E-state index contributed by atoms with van der Waals surface area (Å²) < 4.78 is 0. The topological polar surface area (TPSA) is 105 Å². The number of anilines is 1. The van der Waals surface area contributed by atoms with Crippen LogP contribution in [0.25, 0.3) is 0 Å². The Morgan fingerprint density at radius 3 is 2.57 bits per heavy atom. The summed E-state index contributed by atoms with van der Waals surface area (Å²) in [5.74, 6) is -0.713. The number of nitrogens with one attached hydrogen (secondary N) is 2. The molecule has 2 rings (SSSR count). The summed E-state index contributed by atoms with van der Waals surface area (Å²) in [7, 11) is 0. The third-order valence-corrected chi connectivity index (χ3v) is 3.05. The van der Waals surface area contributed by atoms with Crippen LogP contribution in [0.3, 0.4) is 0 Å². The van der Waals surface area contributed by atoms with Crippen LogP contribution in [-0.4, -0.2) is 41.3 Å². The van der Waals surface area contributed by atoms with E-state index in [0.717, 1.165) is 0 Å². The largest absolute Gasteiger partial charge is 0.380 e. The first-order chi connectivity index (χ1) is 9.99. The molecule has 8 heteroatoms. The smallest absolute Gasteiger partial charge is 0.292 e. The molecule has 1 aliphatic heterocycles. The van der Waals surface area contributed by atoms with Crippen LogP contribution in [0.2, 0.25) is 0 Å². The molecule has 21 heavy (non-hydrogen) atoms. The first kappa shape index (κ1) is 14.9. The Balaban J connectivity index is 2.16. The molecule has 1 aromatic rings. The Labute approximate surface area is 121 Å². The standard InChI is InChI=1S/C13H16N4O4/c1-2-14-10-4-3-9(5-11(10)17(20)21)6-16-7-12(18)15-13(19)8-16/h3-5,14H,2,6-8H2,1H3,(H,15,18,19). The van der Waals surface area contributed by atoms with Crippen LogP contribution < -0.4 is 10.6 Å². The van der Waals surface area contributed by atoms with Crippen molar-refractivity contribution >= 4 is 23.2 Å². The fourth-order valence-electron chi connectivity index (χ4n) is 2.23. The predicted molar refractivity (Wildman–Crippen MR) is 75.7 cm³/mol. The van der Waals surface area contributed by atoms with E-state index < -0.39 is 4.92 Å². The van der Waals surface area contributed by atoms with Crippen molar-refractivity contribution in [2.45, 2.75) is 13.5 Å². The molecule has 2 amide bonds. The van der Waals surface area contributed by atoms with Crippen LogP contribution in [0.1, 0.15) is 12.5 Å². The first-order valence-electron chi connectivity index (χ1n) is 6.56. The van der Waals surface area contributed by atoms with Gasteiger partial charge in [0.1, 0.15) is 5.69 Å². The maximum Gasteiger partial charge on any atom is 0.292 e. The van der Waals surface area contributed by atoms with Crippen molar-refractivity contribution in [3.63, 3.8) is 0 Å². The van der Waals surface area contributed by atoms with Crippen LogP contribution >= 0.6 is 0 Å². The number of hydrogen-bond acceptors (Lipinski definition) is 6. The minimum absolute atomic E-state index is 0.0119. The van der Waals surface area contributed by atoms with Gasteiger partial charge in [-0.15, -0.1) is 0 Å². The van der Waals surface area contributed by atoms with Gasteiger partial charge in [-0.25, -0.2) is 0 Å². The quantitative estimate of drug-likeness (QED) is 0.465. The summed E-state index contributed by atoms with van der Waals surface area (Å²) in [6.45, 7) is 2.96. The zero-order valence-corrected chi connectivity index (χ0v) is 11.6. The lowest BCUT2D eigenvalue weighted by molar-refractivity contribution is -0.384. The van der Waals surface area contributed by atoms with Gasteiger partial charge in [-0.05, 0) is 18.6 Å². The van der Waals surface area contributed by atoms with Crippen molar-refractivity contribution in [2.24, 2.45) is 0 Å². The summed E-state index contributed by atoms with van der Waals surface area (Å²) in [6.07, 6.45) is 0. The van der Waals surface area contributed by atoms with Gasteiger partial charge in [0, 0.05) is 19.2 Å². The van der Waals surface area contributed by atoms with E-state index in [0.29, 0.717) is 24.3 Å². The summed E-state index contributed by atoms with van der Waals surface area (Å²) in [5.41, 5.74) is 1.13. The second-order valence-corrected chi connectivity index (χ2v) is 4.76. The molecule has 1 heterocycles. The van der Waals surface area contributed by atoms with E-state index in [1.165, 1.54) is 6.07 Å². The zero-order valence-electron chi connectivity index (χ0n) is 11.6. The highest BCUT2D eigenvalue weighted by Crippen LogP contribution is 2.26. The highest BCUT2D eigenvalue weighted by Gasteiger charge is 2.23. The monoisotopic (exact) mass is 292 g/mol. The Kier molecular flexibility index (Phi) is 4.49. The van der Waals surface area contributed by atoms with Crippen molar-refractivity contribution in [3.8, 4) is 0 Å². The number of nitro groups is 1. The van der Waals surface area contributed by atoms with Crippen molar-refractivity contribution < 1.29 is 14.5 Å². The number of hydrogen-bond donors (Lipinski definition) is 2. The minimum atomic E-state index is -0.449. The third-order valence-electron chi connectivity index (χ3n) is 3.05. The van der Waals surface area contributed by atoms with Gasteiger partial charge in [0.25, 0.3) is 5.69 Å². The van der Waals surface area contributed by atoms with E-state index in [2.05, 4.69) is 10.6 Å². The van der Waals surface area contributed by atoms with Crippen molar-refractivity contribution in [1.29, 1.82) is 0 Å². The number of benzene rings is 1. The first-order valence-corrected chi connectivity index (χ1v) is 6.56. The maximum atomic E-state index is 11.3. The summed E-state index contributed by atoms with van der Waals surface area (Å²) in [4.78, 5) is 34.9. The molecule has 1 aliphatic rings. The summed E-state index contributed by atoms with van der Waals surface area (Å²) in [5, 5.41) is 16.2. The van der Waals surface area contributed by atoms with Gasteiger partial charge >= 0.3 is 0 Å². The highest BCUT2D eigenvalue weighted by molar-refractivity contribution is 5.99. The molecular weight excluding hydrogens is 276 g/mol. The van der Waals surface area contributed by atoms with E-state index in [1.807, 2.05) is 6.92 Å². The molecule has 8 nitrogen and oxygen atoms in total. The number of imide groups is 1. The van der Waals surface area contributed by atoms with Gasteiger partial charge in [0.15, 0.2) is 0 Å². The predicted octanol–water partition coefficient (Wildman–Crippen LogP) is 0.485. The number of nitrogens with zero attached hydrogens (tertiary/aromatic N) is 2. The summed E-state index contributed by atoms with van der Waals surface area (Å²) in [6, 6.07) is 4.86. The molecule has 2 N–H and O–H groups in total. The Hall–Kier alpha value is -2.48. The number of carbonyl (C=O) groups excluding carboxylic acids is 2. The molecule has 0 atom stereocenters. The molecule has 1 fully saturated rings. The molecule has 0 saturated carbocycles. The van der Waals surface area contributed by atoms with Crippen LogP contribution in [0.15, 0.2) is 18.2 Å². The fourth-order valence-corrected chi connectivity index (χ4v) is 2.23. The molecule has 112 valence electrons. The maximum absolute atomic E-state index is 11.3. The average molecular weight is 292 g/mol. The average Bonchev–Trinajstić information content (AvgIpc) is 2.39. The van der Waals surface area contributed by atoms with Gasteiger partial charge in [0.2, 0.25) is 11.8 Å². The number of piperazine rings is 1. The van der Waals surface area contributed by atoms with E-state index in [1.54, 1.807) is 17.0 Å². The molecule has 1 aromatic carbocycles. The second-order valence-electron chi connectivity index (χ2n) is 4.76. The van der Waals surface area contributed by atoms with Gasteiger partial charge in [0.05, 0.1) is 18.0 Å². The van der Waals surface area contributed by atoms with Crippen molar-refractivity contribution in [2.75, 3.05) is 25.0 Å². The lowest BCUT2D eigenvalue weighted by Gasteiger charge is -2.25. The number of nitro benzene ring substituents is 1. The third kappa shape index (κ3) is 3.76. The van der Waals surface area contributed by atoms with Gasteiger partial charge in [-0.2, -0.15) is 0 Å². The number of amides is 2. The van der Waals surface area contributed by atoms with Crippen LogP contribution in [0.4, 0.5) is 11.4 Å². The van der Waals surface area contributed by atoms with E-state index in [9.17, 15) is 19.7 Å².